The van der Waals surface area contributed by atoms with Crippen LogP contribution in [0.25, 0.3) is 10.9 Å². The van der Waals surface area contributed by atoms with E-state index in [9.17, 15) is 9.59 Å². The van der Waals surface area contributed by atoms with Gasteiger partial charge in [0.1, 0.15) is 5.69 Å². The van der Waals surface area contributed by atoms with Gasteiger partial charge in [0.25, 0.3) is 5.91 Å². The van der Waals surface area contributed by atoms with Gasteiger partial charge in [-0.3, -0.25) is 4.79 Å². The molecule has 3 aromatic rings. The van der Waals surface area contributed by atoms with Crippen LogP contribution in [0.4, 0.5) is 0 Å². The highest BCUT2D eigenvalue weighted by Crippen LogP contribution is 2.27. The van der Waals surface area contributed by atoms with Gasteiger partial charge in [0.15, 0.2) is 0 Å². The SMILES string of the molecule is CCOC(=O)c1ccc(C(C)NC(=O)c2c(C)c3ccc(Cl)cc3n2C)cc1. The Labute approximate surface area is 169 Å². The number of ether oxygens (including phenoxy) is 1. The van der Waals surface area contributed by atoms with Crippen LogP contribution in [0.2, 0.25) is 5.02 Å². The molecular weight excluding hydrogens is 376 g/mol. The smallest absolute Gasteiger partial charge is 0.338 e. The molecule has 5 nitrogen and oxygen atoms in total. The molecule has 0 spiro atoms. The molecule has 2 aromatic carbocycles. The van der Waals surface area contributed by atoms with Crippen molar-refractivity contribution in [2.75, 3.05) is 6.61 Å². The number of carbonyl (C=O) groups excluding carboxylic acids is 2. The summed E-state index contributed by atoms with van der Waals surface area (Å²) in [5.74, 6) is -0.509. The molecule has 1 amide bonds. The Hall–Kier alpha value is -2.79. The van der Waals surface area contributed by atoms with Gasteiger partial charge >= 0.3 is 5.97 Å². The van der Waals surface area contributed by atoms with Crippen LogP contribution in [0.5, 0.6) is 0 Å². The van der Waals surface area contributed by atoms with Crippen LogP contribution < -0.4 is 5.32 Å². The number of aromatic nitrogens is 1. The molecule has 0 bridgehead atoms. The van der Waals surface area contributed by atoms with Gasteiger partial charge in [-0.05, 0) is 56.2 Å². The molecule has 1 unspecified atom stereocenters. The van der Waals surface area contributed by atoms with Gasteiger partial charge in [-0.15, -0.1) is 0 Å². The zero-order chi connectivity index (χ0) is 20.4. The summed E-state index contributed by atoms with van der Waals surface area (Å²) in [5.41, 5.74) is 3.83. The first-order chi connectivity index (χ1) is 13.3. The number of nitrogens with zero attached hydrogens (tertiary/aromatic N) is 1. The zero-order valence-electron chi connectivity index (χ0n) is 16.4. The van der Waals surface area contributed by atoms with E-state index in [0.29, 0.717) is 22.9 Å². The summed E-state index contributed by atoms with van der Waals surface area (Å²) in [4.78, 5) is 24.7. The number of benzene rings is 2. The first-order valence-corrected chi connectivity index (χ1v) is 9.53. The highest BCUT2D eigenvalue weighted by molar-refractivity contribution is 6.31. The fourth-order valence-electron chi connectivity index (χ4n) is 3.39. The van der Waals surface area contributed by atoms with Crippen molar-refractivity contribution in [2.45, 2.75) is 26.8 Å². The lowest BCUT2D eigenvalue weighted by atomic mass is 10.1. The Bertz CT molecular complexity index is 1040. The number of hydrogen-bond donors (Lipinski definition) is 1. The molecule has 0 saturated heterocycles. The first-order valence-electron chi connectivity index (χ1n) is 9.16. The second-order valence-electron chi connectivity index (χ2n) is 6.73. The molecule has 0 aliphatic heterocycles. The van der Waals surface area contributed by atoms with Crippen LogP contribution in [0.3, 0.4) is 0 Å². The molecule has 146 valence electrons. The average Bonchev–Trinajstić information content (AvgIpc) is 2.92. The van der Waals surface area contributed by atoms with Gasteiger partial charge in [-0.2, -0.15) is 0 Å². The van der Waals surface area contributed by atoms with Crippen LogP contribution in [-0.4, -0.2) is 23.1 Å². The van der Waals surface area contributed by atoms with E-state index in [2.05, 4.69) is 5.32 Å². The quantitative estimate of drug-likeness (QED) is 0.627. The largest absolute Gasteiger partial charge is 0.462 e. The fraction of sp³-hybridized carbons (Fsp3) is 0.273. The van der Waals surface area contributed by atoms with E-state index in [1.807, 2.05) is 55.8 Å². The third-order valence-corrected chi connectivity index (χ3v) is 5.14. The van der Waals surface area contributed by atoms with Crippen molar-refractivity contribution >= 4 is 34.4 Å². The molecule has 1 aromatic heterocycles. The molecule has 1 atom stereocenters. The minimum atomic E-state index is -0.351. The number of hydrogen-bond acceptors (Lipinski definition) is 3. The Kier molecular flexibility index (Phi) is 5.75. The van der Waals surface area contributed by atoms with E-state index in [4.69, 9.17) is 16.3 Å². The van der Waals surface area contributed by atoms with E-state index in [1.165, 1.54) is 0 Å². The minimum absolute atomic E-state index is 0.158. The van der Waals surface area contributed by atoms with Gasteiger partial charge in [0.2, 0.25) is 0 Å². The molecule has 28 heavy (non-hydrogen) atoms. The number of nitrogens with one attached hydrogen (secondary N) is 1. The lowest BCUT2D eigenvalue weighted by Gasteiger charge is -2.16. The molecule has 0 fully saturated rings. The summed E-state index contributed by atoms with van der Waals surface area (Å²) >= 11 is 6.10. The summed E-state index contributed by atoms with van der Waals surface area (Å²) in [7, 11) is 1.86. The van der Waals surface area contributed by atoms with E-state index in [1.54, 1.807) is 19.1 Å². The van der Waals surface area contributed by atoms with Crippen molar-refractivity contribution in [3.05, 3.63) is 69.9 Å². The average molecular weight is 399 g/mol. The summed E-state index contributed by atoms with van der Waals surface area (Å²) in [6.07, 6.45) is 0. The van der Waals surface area contributed by atoms with Crippen LogP contribution in [0.15, 0.2) is 42.5 Å². The predicted octanol–water partition coefficient (Wildman–Crippen LogP) is 4.81. The number of esters is 1. The van der Waals surface area contributed by atoms with Crippen molar-refractivity contribution in [1.82, 2.24) is 9.88 Å². The number of carbonyl (C=O) groups is 2. The second kappa shape index (κ2) is 8.07. The van der Waals surface area contributed by atoms with Crippen LogP contribution in [-0.2, 0) is 11.8 Å². The standard InChI is InChI=1S/C22H23ClN2O3/c1-5-28-22(27)16-8-6-15(7-9-16)14(3)24-21(26)20-13(2)18-11-10-17(23)12-19(18)25(20)4/h6-12,14H,5H2,1-4H3,(H,24,26). The number of aryl methyl sites for hydroxylation is 2. The Morgan fingerprint density at radius 2 is 1.86 bits per heavy atom. The van der Waals surface area contributed by atoms with Crippen molar-refractivity contribution < 1.29 is 14.3 Å². The number of halogens is 1. The Morgan fingerprint density at radius 1 is 1.18 bits per heavy atom. The number of amides is 1. The van der Waals surface area contributed by atoms with Crippen LogP contribution in [0.1, 0.15) is 51.9 Å². The molecule has 0 radical (unpaired) electrons. The summed E-state index contributed by atoms with van der Waals surface area (Å²) < 4.78 is 6.86. The highest BCUT2D eigenvalue weighted by Gasteiger charge is 2.20. The zero-order valence-corrected chi connectivity index (χ0v) is 17.1. The van der Waals surface area contributed by atoms with Gasteiger partial charge < -0.3 is 14.6 Å². The maximum absolute atomic E-state index is 12.9. The van der Waals surface area contributed by atoms with Crippen molar-refractivity contribution in [3.63, 3.8) is 0 Å². The second-order valence-corrected chi connectivity index (χ2v) is 7.17. The molecular formula is C22H23ClN2O3. The maximum atomic E-state index is 12.9. The van der Waals surface area contributed by atoms with E-state index >= 15 is 0 Å². The monoisotopic (exact) mass is 398 g/mol. The molecule has 1 N–H and O–H groups in total. The maximum Gasteiger partial charge on any atom is 0.338 e. The summed E-state index contributed by atoms with van der Waals surface area (Å²) in [6.45, 7) is 5.95. The molecule has 0 aliphatic carbocycles. The van der Waals surface area contributed by atoms with E-state index in [-0.39, 0.29) is 17.9 Å². The number of rotatable bonds is 5. The van der Waals surface area contributed by atoms with Gasteiger partial charge in [0, 0.05) is 17.5 Å². The molecule has 6 heteroatoms. The summed E-state index contributed by atoms with van der Waals surface area (Å²) in [5, 5.41) is 4.67. The predicted molar refractivity (Wildman–Crippen MR) is 111 cm³/mol. The van der Waals surface area contributed by atoms with Gasteiger partial charge in [-0.1, -0.05) is 29.8 Å². The Balaban J connectivity index is 1.81. The van der Waals surface area contributed by atoms with Crippen LogP contribution >= 0.6 is 11.6 Å². The normalized spacial score (nSPS) is 12.0. The van der Waals surface area contributed by atoms with Crippen molar-refractivity contribution in [1.29, 1.82) is 0 Å². The lowest BCUT2D eigenvalue weighted by molar-refractivity contribution is 0.0526. The minimum Gasteiger partial charge on any atom is -0.462 e. The first kappa shape index (κ1) is 20.0. The van der Waals surface area contributed by atoms with E-state index < -0.39 is 0 Å². The third-order valence-electron chi connectivity index (χ3n) is 4.90. The topological polar surface area (TPSA) is 60.3 Å². The molecule has 3 rings (SSSR count). The van der Waals surface area contributed by atoms with Crippen LogP contribution in [0, 0.1) is 6.92 Å². The summed E-state index contributed by atoms with van der Waals surface area (Å²) in [6, 6.07) is 12.5. The Morgan fingerprint density at radius 3 is 2.50 bits per heavy atom. The van der Waals surface area contributed by atoms with Gasteiger partial charge in [-0.25, -0.2) is 4.79 Å². The van der Waals surface area contributed by atoms with Crippen molar-refractivity contribution in [3.8, 4) is 0 Å². The van der Waals surface area contributed by atoms with Crippen molar-refractivity contribution in [2.24, 2.45) is 7.05 Å². The molecule has 0 saturated carbocycles. The molecule has 0 aliphatic rings. The third kappa shape index (κ3) is 3.76. The highest BCUT2D eigenvalue weighted by atomic mass is 35.5. The van der Waals surface area contributed by atoms with Gasteiger partial charge in [0.05, 0.1) is 23.7 Å². The lowest BCUT2D eigenvalue weighted by Crippen LogP contribution is -2.28. The van der Waals surface area contributed by atoms with E-state index in [0.717, 1.165) is 22.0 Å². The fourth-order valence-corrected chi connectivity index (χ4v) is 3.56. The molecule has 1 heterocycles. The number of fused-ring (bicyclic) bond motifs is 1.